The van der Waals surface area contributed by atoms with Crippen LogP contribution < -0.4 is 4.90 Å². The van der Waals surface area contributed by atoms with E-state index in [9.17, 15) is 4.79 Å². The number of nitrogens with one attached hydrogen (secondary N) is 1. The Labute approximate surface area is 221 Å². The number of piperazine rings is 1. The van der Waals surface area contributed by atoms with Crippen molar-refractivity contribution in [3.63, 3.8) is 0 Å². The first kappa shape index (κ1) is 24.4. The van der Waals surface area contributed by atoms with E-state index in [0.29, 0.717) is 5.54 Å². The Hall–Kier alpha value is -2.92. The van der Waals surface area contributed by atoms with Crippen LogP contribution in [0.2, 0.25) is 0 Å². The zero-order chi connectivity index (χ0) is 25.9. The number of aromatic amines is 1. The number of benzene rings is 2. The topological polar surface area (TPSA) is 51.7 Å². The number of carbonyl (C=O) groups excluding carboxylic acids is 1. The first-order valence-corrected chi connectivity index (χ1v) is 14.1. The van der Waals surface area contributed by atoms with E-state index in [-0.39, 0.29) is 11.2 Å². The maximum atomic E-state index is 14.0. The molecule has 37 heavy (non-hydrogen) atoms. The summed E-state index contributed by atoms with van der Waals surface area (Å²) < 4.78 is 0. The third-order valence-electron chi connectivity index (χ3n) is 9.70. The van der Waals surface area contributed by atoms with Crippen LogP contribution in [0.4, 0.5) is 5.69 Å². The lowest BCUT2D eigenvalue weighted by atomic mass is 9.70. The van der Waals surface area contributed by atoms with Gasteiger partial charge in [-0.05, 0) is 67.0 Å². The predicted molar refractivity (Wildman–Crippen MR) is 154 cm³/mol. The molecule has 1 aromatic heterocycles. The van der Waals surface area contributed by atoms with E-state index in [1.807, 2.05) is 12.3 Å². The number of H-pyrrole nitrogens is 1. The fourth-order valence-corrected chi connectivity index (χ4v) is 7.23. The lowest BCUT2D eigenvalue weighted by molar-refractivity contribution is 0.00833. The molecule has 1 aliphatic heterocycles. The quantitative estimate of drug-likeness (QED) is 0.434. The molecule has 0 unspecified atom stereocenters. The van der Waals surface area contributed by atoms with Crippen LogP contribution in [0.1, 0.15) is 91.7 Å². The number of hydrogen-bond acceptors (Lipinski definition) is 4. The zero-order valence-electron chi connectivity index (χ0n) is 23.1. The molecule has 6 rings (SSSR count). The van der Waals surface area contributed by atoms with E-state index in [1.165, 1.54) is 36.9 Å². The smallest absolute Gasteiger partial charge is 0.195 e. The Bertz CT molecular complexity index is 1390. The Morgan fingerprint density at radius 3 is 2.43 bits per heavy atom. The normalized spacial score (nSPS) is 20.8. The van der Waals surface area contributed by atoms with Crippen LogP contribution in [0.5, 0.6) is 0 Å². The second-order valence-corrected chi connectivity index (χ2v) is 11.8. The molecule has 194 valence electrons. The summed E-state index contributed by atoms with van der Waals surface area (Å²) in [5.41, 5.74) is 8.69. The largest absolute Gasteiger partial charge is 0.369 e. The number of ketones is 1. The highest BCUT2D eigenvalue weighted by Gasteiger charge is 2.43. The highest BCUT2D eigenvalue weighted by Crippen LogP contribution is 2.46. The third kappa shape index (κ3) is 3.61. The average molecular weight is 497 g/mol. The Morgan fingerprint density at radius 2 is 1.81 bits per heavy atom. The molecule has 0 amide bonds. The third-order valence-corrected chi connectivity index (χ3v) is 9.70. The average Bonchev–Trinajstić information content (AvgIpc) is 3.27. The number of hydrogen-bond donors (Lipinski definition) is 1. The molecule has 0 spiro atoms. The van der Waals surface area contributed by atoms with Crippen molar-refractivity contribution in [2.75, 3.05) is 38.1 Å². The molecular formula is C32H40N4O. The van der Waals surface area contributed by atoms with Crippen molar-refractivity contribution in [3.05, 3.63) is 63.8 Å². The predicted octanol–water partition coefficient (Wildman–Crippen LogP) is 6.10. The second-order valence-electron chi connectivity index (χ2n) is 11.8. The van der Waals surface area contributed by atoms with Crippen molar-refractivity contribution in [1.82, 2.24) is 9.88 Å². The molecule has 3 aromatic rings. The van der Waals surface area contributed by atoms with Gasteiger partial charge >= 0.3 is 0 Å². The molecule has 0 radical (unpaired) electrons. The van der Waals surface area contributed by atoms with E-state index < -0.39 is 0 Å². The molecule has 2 fully saturated rings. The Balaban J connectivity index is 1.38. The number of nitrogens with zero attached hydrogens (tertiary/aromatic N) is 3. The number of aryl methyl sites for hydroxylation is 1. The summed E-state index contributed by atoms with van der Waals surface area (Å²) in [4.78, 5) is 27.1. The molecule has 0 atom stereocenters. The first-order chi connectivity index (χ1) is 17.8. The van der Waals surface area contributed by atoms with Crippen molar-refractivity contribution >= 4 is 28.6 Å². The van der Waals surface area contributed by atoms with Crippen molar-refractivity contribution in [3.8, 4) is 0 Å². The van der Waals surface area contributed by atoms with E-state index in [0.717, 1.165) is 71.5 Å². The number of aromatic nitrogens is 1. The number of rotatable bonds is 5. The van der Waals surface area contributed by atoms with Crippen LogP contribution in [0.3, 0.4) is 0 Å². The number of aliphatic imine (C=N–C) groups is 1. The molecule has 2 aliphatic carbocycles. The molecule has 5 heteroatoms. The van der Waals surface area contributed by atoms with Gasteiger partial charge < -0.3 is 9.88 Å². The fraction of sp³-hybridized carbons (Fsp3) is 0.500. The summed E-state index contributed by atoms with van der Waals surface area (Å²) in [6.45, 7) is 13.5. The van der Waals surface area contributed by atoms with Crippen LogP contribution in [-0.2, 0) is 11.8 Å². The molecule has 2 heterocycles. The lowest BCUT2D eigenvalue weighted by Gasteiger charge is -2.53. The standard InChI is InChI=1S/C32H40N4O/c1-6-22-18-24-25(19-27(22)35-13-15-36(16-14-35)32(7-2)11-8-12-32)31(3,4)30-28(29(24)37)23-10-9-21(20-33-5)17-26(23)34-30/h9-10,17-20,34H,6-8,11-16H2,1-5H3/b33-20+. The van der Waals surface area contributed by atoms with Crippen LogP contribution in [0.25, 0.3) is 10.9 Å². The van der Waals surface area contributed by atoms with Crippen molar-refractivity contribution in [2.24, 2.45) is 4.99 Å². The number of fused-ring (bicyclic) bond motifs is 4. The van der Waals surface area contributed by atoms with Gasteiger partial charge in [-0.1, -0.05) is 39.8 Å². The first-order valence-electron chi connectivity index (χ1n) is 14.1. The van der Waals surface area contributed by atoms with Crippen LogP contribution in [0, 0.1) is 0 Å². The zero-order valence-corrected chi connectivity index (χ0v) is 23.1. The minimum absolute atomic E-state index is 0.147. The fourth-order valence-electron chi connectivity index (χ4n) is 7.23. The SMILES string of the molecule is CCc1cc2c(cc1N1CCN(C3(CC)CCC3)CC1)C(C)(C)c1[nH]c3cc(/C=N/C)ccc3c1C2=O. The lowest BCUT2D eigenvalue weighted by Crippen LogP contribution is -2.60. The van der Waals surface area contributed by atoms with E-state index >= 15 is 0 Å². The maximum Gasteiger partial charge on any atom is 0.195 e. The maximum absolute atomic E-state index is 14.0. The van der Waals surface area contributed by atoms with E-state index in [4.69, 9.17) is 0 Å². The Morgan fingerprint density at radius 1 is 1.05 bits per heavy atom. The van der Waals surface area contributed by atoms with Crippen molar-refractivity contribution < 1.29 is 4.79 Å². The summed E-state index contributed by atoms with van der Waals surface area (Å²) in [7, 11) is 1.78. The van der Waals surface area contributed by atoms with Gasteiger partial charge in [-0.2, -0.15) is 0 Å². The monoisotopic (exact) mass is 496 g/mol. The summed E-state index contributed by atoms with van der Waals surface area (Å²) in [6.07, 6.45) is 8.15. The van der Waals surface area contributed by atoms with Gasteiger partial charge in [0.15, 0.2) is 5.78 Å². The van der Waals surface area contributed by atoms with Gasteiger partial charge in [0.25, 0.3) is 0 Å². The molecule has 5 nitrogen and oxygen atoms in total. The molecular weight excluding hydrogens is 456 g/mol. The molecule has 1 N–H and O–H groups in total. The van der Waals surface area contributed by atoms with Gasteiger partial charge in [0.1, 0.15) is 0 Å². The van der Waals surface area contributed by atoms with Crippen molar-refractivity contribution in [2.45, 2.75) is 70.8 Å². The minimum atomic E-state index is -0.294. The molecule has 0 bridgehead atoms. The summed E-state index contributed by atoms with van der Waals surface area (Å²) >= 11 is 0. The molecule has 2 aromatic carbocycles. The highest BCUT2D eigenvalue weighted by molar-refractivity contribution is 6.20. The van der Waals surface area contributed by atoms with E-state index in [2.05, 4.69) is 71.7 Å². The van der Waals surface area contributed by atoms with Crippen LogP contribution >= 0.6 is 0 Å². The second kappa shape index (κ2) is 8.83. The summed E-state index contributed by atoms with van der Waals surface area (Å²) in [5, 5.41) is 1.01. The summed E-state index contributed by atoms with van der Waals surface area (Å²) in [5.74, 6) is 0.147. The van der Waals surface area contributed by atoms with Gasteiger partial charge in [0, 0.05) is 78.2 Å². The van der Waals surface area contributed by atoms with Crippen molar-refractivity contribution in [1.29, 1.82) is 0 Å². The van der Waals surface area contributed by atoms with Gasteiger partial charge in [0.05, 0.1) is 5.56 Å². The summed E-state index contributed by atoms with van der Waals surface area (Å²) in [6, 6.07) is 10.8. The van der Waals surface area contributed by atoms with E-state index in [1.54, 1.807) is 7.05 Å². The number of anilines is 1. The molecule has 1 saturated carbocycles. The van der Waals surface area contributed by atoms with Crippen LogP contribution in [0.15, 0.2) is 35.3 Å². The van der Waals surface area contributed by atoms with Gasteiger partial charge in [-0.15, -0.1) is 0 Å². The molecule has 3 aliphatic rings. The Kier molecular flexibility index (Phi) is 5.83. The van der Waals surface area contributed by atoms with Gasteiger partial charge in [-0.3, -0.25) is 14.7 Å². The van der Waals surface area contributed by atoms with Gasteiger partial charge in [-0.25, -0.2) is 0 Å². The molecule has 1 saturated heterocycles. The minimum Gasteiger partial charge on any atom is -0.369 e. The number of carbonyl (C=O) groups is 1. The van der Waals surface area contributed by atoms with Gasteiger partial charge in [0.2, 0.25) is 0 Å². The highest BCUT2D eigenvalue weighted by atomic mass is 16.1. The van der Waals surface area contributed by atoms with Crippen LogP contribution in [-0.4, -0.2) is 60.6 Å².